The number of hydrogen-bond acceptors (Lipinski definition) is 3. The fourth-order valence-electron chi connectivity index (χ4n) is 2.10. The fourth-order valence-corrected chi connectivity index (χ4v) is 2.10. The van der Waals surface area contributed by atoms with Crippen LogP contribution in [0.15, 0.2) is 18.2 Å². The highest BCUT2D eigenvalue weighted by Crippen LogP contribution is 2.35. The molecule has 1 aliphatic rings. The first-order valence-electron chi connectivity index (χ1n) is 6.39. The summed E-state index contributed by atoms with van der Waals surface area (Å²) in [5, 5.41) is 9.18. The Bertz CT molecular complexity index is 445. The van der Waals surface area contributed by atoms with E-state index in [2.05, 4.69) is 6.92 Å². The first-order chi connectivity index (χ1) is 8.67. The van der Waals surface area contributed by atoms with Gasteiger partial charge in [0.25, 0.3) is 5.91 Å². The number of benzene rings is 1. The lowest BCUT2D eigenvalue weighted by Crippen LogP contribution is -2.44. The van der Waals surface area contributed by atoms with Gasteiger partial charge in [-0.2, -0.15) is 0 Å². The Morgan fingerprint density at radius 1 is 1.44 bits per heavy atom. The van der Waals surface area contributed by atoms with Gasteiger partial charge < -0.3 is 14.7 Å². The van der Waals surface area contributed by atoms with Crippen molar-refractivity contribution in [1.82, 2.24) is 0 Å². The van der Waals surface area contributed by atoms with Crippen molar-refractivity contribution in [2.24, 2.45) is 0 Å². The van der Waals surface area contributed by atoms with Crippen molar-refractivity contribution in [3.8, 4) is 5.75 Å². The SMILES string of the molecule is CCCCN1C(=O)C(C)Oc2ccc(CO)cc21. The van der Waals surface area contributed by atoms with Crippen LogP contribution >= 0.6 is 0 Å². The maximum atomic E-state index is 12.1. The number of carbonyl (C=O) groups is 1. The summed E-state index contributed by atoms with van der Waals surface area (Å²) in [4.78, 5) is 13.9. The second-order valence-electron chi connectivity index (χ2n) is 4.56. The molecule has 4 heteroatoms. The molecular weight excluding hydrogens is 230 g/mol. The Hall–Kier alpha value is -1.55. The lowest BCUT2D eigenvalue weighted by atomic mass is 10.1. The minimum absolute atomic E-state index is 0.00830. The zero-order valence-corrected chi connectivity index (χ0v) is 10.8. The minimum atomic E-state index is -0.436. The monoisotopic (exact) mass is 249 g/mol. The second-order valence-corrected chi connectivity index (χ2v) is 4.56. The molecule has 0 saturated carbocycles. The van der Waals surface area contributed by atoms with E-state index in [9.17, 15) is 9.90 Å². The van der Waals surface area contributed by atoms with Gasteiger partial charge in [0.05, 0.1) is 12.3 Å². The Balaban J connectivity index is 2.36. The molecular formula is C14H19NO3. The van der Waals surface area contributed by atoms with Crippen LogP contribution in [0, 0.1) is 0 Å². The lowest BCUT2D eigenvalue weighted by molar-refractivity contribution is -0.125. The van der Waals surface area contributed by atoms with Gasteiger partial charge in [0.1, 0.15) is 5.75 Å². The molecule has 0 spiro atoms. The number of ether oxygens (including phenoxy) is 1. The maximum absolute atomic E-state index is 12.1. The quantitative estimate of drug-likeness (QED) is 0.889. The molecule has 1 aliphatic heterocycles. The highest BCUT2D eigenvalue weighted by atomic mass is 16.5. The average molecular weight is 249 g/mol. The highest BCUT2D eigenvalue weighted by molar-refractivity contribution is 5.99. The molecule has 2 rings (SSSR count). The lowest BCUT2D eigenvalue weighted by Gasteiger charge is -2.33. The topological polar surface area (TPSA) is 49.8 Å². The van der Waals surface area contributed by atoms with Crippen LogP contribution in [0.5, 0.6) is 5.75 Å². The molecule has 1 heterocycles. The molecule has 18 heavy (non-hydrogen) atoms. The number of hydrogen-bond donors (Lipinski definition) is 1. The zero-order valence-electron chi connectivity index (χ0n) is 10.8. The van der Waals surface area contributed by atoms with Crippen LogP contribution in [0.3, 0.4) is 0 Å². The van der Waals surface area contributed by atoms with Crippen molar-refractivity contribution in [2.45, 2.75) is 39.4 Å². The third kappa shape index (κ3) is 2.34. The van der Waals surface area contributed by atoms with Gasteiger partial charge in [-0.25, -0.2) is 0 Å². The Morgan fingerprint density at radius 3 is 2.89 bits per heavy atom. The molecule has 0 aromatic heterocycles. The Morgan fingerprint density at radius 2 is 2.22 bits per heavy atom. The molecule has 1 atom stereocenters. The molecule has 1 aromatic rings. The highest BCUT2D eigenvalue weighted by Gasteiger charge is 2.30. The van der Waals surface area contributed by atoms with E-state index in [0.717, 1.165) is 29.8 Å². The summed E-state index contributed by atoms with van der Waals surface area (Å²) in [5.74, 6) is 0.710. The van der Waals surface area contributed by atoms with Crippen molar-refractivity contribution in [2.75, 3.05) is 11.4 Å². The number of fused-ring (bicyclic) bond motifs is 1. The molecule has 1 unspecified atom stereocenters. The summed E-state index contributed by atoms with van der Waals surface area (Å²) in [6.45, 7) is 4.53. The number of nitrogens with zero attached hydrogens (tertiary/aromatic N) is 1. The second kappa shape index (κ2) is 5.40. The van der Waals surface area contributed by atoms with Crippen LogP contribution in [0.1, 0.15) is 32.3 Å². The predicted octanol–water partition coefficient (Wildman–Crippen LogP) is 2.09. The van der Waals surface area contributed by atoms with E-state index in [-0.39, 0.29) is 12.5 Å². The molecule has 0 bridgehead atoms. The van der Waals surface area contributed by atoms with Gasteiger partial charge in [0.2, 0.25) is 0 Å². The largest absolute Gasteiger partial charge is 0.479 e. The fraction of sp³-hybridized carbons (Fsp3) is 0.500. The van der Waals surface area contributed by atoms with Crippen molar-refractivity contribution >= 4 is 11.6 Å². The normalized spacial score (nSPS) is 18.5. The zero-order chi connectivity index (χ0) is 13.1. The molecule has 0 aliphatic carbocycles. The first kappa shape index (κ1) is 12.9. The number of rotatable bonds is 4. The number of carbonyl (C=O) groups excluding carboxylic acids is 1. The van der Waals surface area contributed by atoms with E-state index in [0.29, 0.717) is 6.54 Å². The van der Waals surface area contributed by atoms with Crippen molar-refractivity contribution in [3.63, 3.8) is 0 Å². The van der Waals surface area contributed by atoms with Gasteiger partial charge >= 0.3 is 0 Å². The Labute approximate surface area is 107 Å². The van der Waals surface area contributed by atoms with Crippen LogP contribution in [-0.2, 0) is 11.4 Å². The van der Waals surface area contributed by atoms with E-state index < -0.39 is 6.10 Å². The smallest absolute Gasteiger partial charge is 0.267 e. The molecule has 1 amide bonds. The average Bonchev–Trinajstić information content (AvgIpc) is 2.39. The van der Waals surface area contributed by atoms with Crippen molar-refractivity contribution in [1.29, 1.82) is 0 Å². The summed E-state index contributed by atoms with van der Waals surface area (Å²) in [6, 6.07) is 5.47. The summed E-state index contributed by atoms with van der Waals surface area (Å²) in [7, 11) is 0. The molecule has 4 nitrogen and oxygen atoms in total. The van der Waals surface area contributed by atoms with Gasteiger partial charge in [0, 0.05) is 6.54 Å². The third-order valence-electron chi connectivity index (χ3n) is 3.15. The predicted molar refractivity (Wildman–Crippen MR) is 69.7 cm³/mol. The minimum Gasteiger partial charge on any atom is -0.479 e. The maximum Gasteiger partial charge on any atom is 0.267 e. The Kier molecular flexibility index (Phi) is 3.87. The van der Waals surface area contributed by atoms with Gasteiger partial charge in [-0.3, -0.25) is 4.79 Å². The number of aliphatic hydroxyl groups is 1. The number of aliphatic hydroxyl groups excluding tert-OH is 1. The third-order valence-corrected chi connectivity index (χ3v) is 3.15. The molecule has 98 valence electrons. The summed E-state index contributed by atoms with van der Waals surface area (Å²) in [5.41, 5.74) is 1.57. The molecule has 0 radical (unpaired) electrons. The standard InChI is InChI=1S/C14H19NO3/c1-3-4-7-15-12-8-11(9-16)5-6-13(12)18-10(2)14(15)17/h5-6,8,10,16H,3-4,7,9H2,1-2H3. The summed E-state index contributed by atoms with van der Waals surface area (Å²) >= 11 is 0. The van der Waals surface area contributed by atoms with E-state index in [1.807, 2.05) is 18.2 Å². The van der Waals surface area contributed by atoms with E-state index in [1.165, 1.54) is 0 Å². The van der Waals surface area contributed by atoms with Gasteiger partial charge in [0.15, 0.2) is 6.10 Å². The number of anilines is 1. The van der Waals surface area contributed by atoms with Crippen LogP contribution in [-0.4, -0.2) is 23.7 Å². The van der Waals surface area contributed by atoms with Crippen LogP contribution in [0.4, 0.5) is 5.69 Å². The molecule has 0 fully saturated rings. The van der Waals surface area contributed by atoms with Gasteiger partial charge in [-0.05, 0) is 31.0 Å². The van der Waals surface area contributed by atoms with E-state index >= 15 is 0 Å². The van der Waals surface area contributed by atoms with Crippen LogP contribution < -0.4 is 9.64 Å². The molecule has 1 aromatic carbocycles. The van der Waals surface area contributed by atoms with E-state index in [1.54, 1.807) is 11.8 Å². The van der Waals surface area contributed by atoms with Gasteiger partial charge in [-0.1, -0.05) is 19.4 Å². The number of amides is 1. The van der Waals surface area contributed by atoms with Gasteiger partial charge in [-0.15, -0.1) is 0 Å². The summed E-state index contributed by atoms with van der Waals surface area (Å²) < 4.78 is 5.58. The first-order valence-corrected chi connectivity index (χ1v) is 6.39. The number of unbranched alkanes of at least 4 members (excludes halogenated alkanes) is 1. The van der Waals surface area contributed by atoms with E-state index in [4.69, 9.17) is 4.74 Å². The molecule has 0 saturated heterocycles. The van der Waals surface area contributed by atoms with Crippen LogP contribution in [0.2, 0.25) is 0 Å². The van der Waals surface area contributed by atoms with Crippen molar-refractivity contribution in [3.05, 3.63) is 23.8 Å². The van der Waals surface area contributed by atoms with Crippen LogP contribution in [0.25, 0.3) is 0 Å². The molecule has 1 N–H and O–H groups in total. The summed E-state index contributed by atoms with van der Waals surface area (Å²) in [6.07, 6.45) is 1.56. The van der Waals surface area contributed by atoms with Crippen molar-refractivity contribution < 1.29 is 14.6 Å².